The number of esters is 1. The highest BCUT2D eigenvalue weighted by Gasteiger charge is 2.22. The lowest BCUT2D eigenvalue weighted by molar-refractivity contribution is 0.0529. The number of carbonyl (C=O) groups is 1. The Morgan fingerprint density at radius 2 is 1.44 bits per heavy atom. The minimum Gasteiger partial charge on any atom is -0.462 e. The third kappa shape index (κ3) is 5.04. The molecule has 0 radical (unpaired) electrons. The number of thiocarbonyl (C=S) groups is 1. The van der Waals surface area contributed by atoms with Gasteiger partial charge in [0.15, 0.2) is 5.11 Å². The second-order valence-corrected chi connectivity index (χ2v) is 8.25. The van der Waals surface area contributed by atoms with E-state index in [-0.39, 0.29) is 5.97 Å². The Balaban J connectivity index is 1.62. The Morgan fingerprint density at radius 3 is 2.09 bits per heavy atom. The molecule has 2 N–H and O–H groups in total. The number of hydrogen-bond acceptors (Lipinski definition) is 4. The Labute approximate surface area is 196 Å². The van der Waals surface area contributed by atoms with Crippen LogP contribution >= 0.6 is 23.6 Å². The lowest BCUT2D eigenvalue weighted by Gasteiger charge is -2.12. The molecule has 4 rings (SSSR count). The molecule has 0 aliphatic heterocycles. The first-order valence-electron chi connectivity index (χ1n) is 10.2. The normalized spacial score (nSPS) is 10.4. The summed E-state index contributed by atoms with van der Waals surface area (Å²) in [6, 6.07) is 28.0. The maximum absolute atomic E-state index is 12.8. The topological polar surface area (TPSA) is 50.4 Å². The number of nitrogens with one attached hydrogen (secondary N) is 2. The van der Waals surface area contributed by atoms with Crippen LogP contribution in [-0.4, -0.2) is 17.7 Å². The van der Waals surface area contributed by atoms with Crippen molar-refractivity contribution < 1.29 is 9.53 Å². The molecule has 32 heavy (non-hydrogen) atoms. The van der Waals surface area contributed by atoms with E-state index in [9.17, 15) is 4.79 Å². The van der Waals surface area contributed by atoms with E-state index < -0.39 is 0 Å². The van der Waals surface area contributed by atoms with Crippen LogP contribution < -0.4 is 10.6 Å². The highest BCUT2D eigenvalue weighted by Crippen LogP contribution is 2.37. The number of thiophene rings is 1. The summed E-state index contributed by atoms with van der Waals surface area (Å²) in [5.74, 6) is -0.374. The predicted molar refractivity (Wildman–Crippen MR) is 137 cm³/mol. The summed E-state index contributed by atoms with van der Waals surface area (Å²) in [6.07, 6.45) is 0. The van der Waals surface area contributed by atoms with Gasteiger partial charge >= 0.3 is 5.97 Å². The average molecular weight is 459 g/mol. The standard InChI is InChI=1S/C26H22N2O2S2/c1-2-30-25(29)23-22(20-15-13-19(14-16-20)18-9-5-3-6-10-18)17-32-24(23)28-26(31)27-21-11-7-4-8-12-21/h3-17H,2H2,1H3,(H2,27,28,31). The fraction of sp³-hybridized carbons (Fsp3) is 0.0769. The minimum atomic E-state index is -0.374. The number of benzene rings is 3. The number of rotatable bonds is 6. The molecule has 0 atom stereocenters. The minimum absolute atomic E-state index is 0.299. The highest BCUT2D eigenvalue weighted by atomic mass is 32.1. The fourth-order valence-corrected chi connectivity index (χ4v) is 4.57. The molecule has 1 heterocycles. The number of carbonyl (C=O) groups excluding carboxylic acids is 1. The first-order chi connectivity index (χ1) is 15.7. The van der Waals surface area contributed by atoms with Crippen LogP contribution in [0.4, 0.5) is 10.7 Å². The van der Waals surface area contributed by atoms with Gasteiger partial charge in [-0.25, -0.2) is 4.79 Å². The molecule has 160 valence electrons. The molecule has 0 fully saturated rings. The third-order valence-corrected chi connectivity index (χ3v) is 5.93. The summed E-state index contributed by atoms with van der Waals surface area (Å²) in [4.78, 5) is 12.8. The molecule has 0 aliphatic carbocycles. The summed E-state index contributed by atoms with van der Waals surface area (Å²) in [5.41, 5.74) is 5.39. The monoisotopic (exact) mass is 458 g/mol. The summed E-state index contributed by atoms with van der Waals surface area (Å²) in [7, 11) is 0. The molecule has 0 unspecified atom stereocenters. The quantitative estimate of drug-likeness (QED) is 0.239. The maximum Gasteiger partial charge on any atom is 0.341 e. The van der Waals surface area contributed by atoms with Crippen LogP contribution in [0.3, 0.4) is 0 Å². The van der Waals surface area contributed by atoms with Crippen molar-refractivity contribution in [2.75, 3.05) is 17.2 Å². The van der Waals surface area contributed by atoms with Crippen LogP contribution in [-0.2, 0) is 4.74 Å². The van der Waals surface area contributed by atoms with Gasteiger partial charge in [-0.05, 0) is 48.0 Å². The lowest BCUT2D eigenvalue weighted by atomic mass is 9.99. The predicted octanol–water partition coefficient (Wildman–Crippen LogP) is 7.07. The Hall–Kier alpha value is -3.48. The van der Waals surface area contributed by atoms with E-state index in [2.05, 4.69) is 34.9 Å². The molecule has 3 aromatic carbocycles. The van der Waals surface area contributed by atoms with E-state index in [4.69, 9.17) is 17.0 Å². The maximum atomic E-state index is 12.8. The fourth-order valence-electron chi connectivity index (χ4n) is 3.33. The van der Waals surface area contributed by atoms with Crippen LogP contribution in [0.5, 0.6) is 0 Å². The van der Waals surface area contributed by atoms with Gasteiger partial charge in [0.1, 0.15) is 10.6 Å². The first-order valence-corrected chi connectivity index (χ1v) is 11.5. The largest absolute Gasteiger partial charge is 0.462 e. The summed E-state index contributed by atoms with van der Waals surface area (Å²) in [6.45, 7) is 2.10. The van der Waals surface area contributed by atoms with Gasteiger partial charge in [-0.15, -0.1) is 11.3 Å². The molecule has 0 saturated heterocycles. The zero-order valence-electron chi connectivity index (χ0n) is 17.5. The molecule has 0 spiro atoms. The van der Waals surface area contributed by atoms with Crippen molar-refractivity contribution in [3.63, 3.8) is 0 Å². The highest BCUT2D eigenvalue weighted by molar-refractivity contribution is 7.80. The van der Waals surface area contributed by atoms with Gasteiger partial charge in [-0.1, -0.05) is 72.8 Å². The summed E-state index contributed by atoms with van der Waals surface area (Å²) < 4.78 is 5.35. The second-order valence-electron chi connectivity index (χ2n) is 6.96. The van der Waals surface area contributed by atoms with Crippen LogP contribution in [0.2, 0.25) is 0 Å². The number of anilines is 2. The molecule has 0 bridgehead atoms. The van der Waals surface area contributed by atoms with E-state index in [0.29, 0.717) is 22.3 Å². The van der Waals surface area contributed by atoms with Crippen LogP contribution in [0.1, 0.15) is 17.3 Å². The van der Waals surface area contributed by atoms with E-state index in [1.807, 2.05) is 66.0 Å². The molecular weight excluding hydrogens is 436 g/mol. The third-order valence-electron chi connectivity index (χ3n) is 4.83. The van der Waals surface area contributed by atoms with E-state index >= 15 is 0 Å². The van der Waals surface area contributed by atoms with Crippen molar-refractivity contribution >= 4 is 45.3 Å². The number of hydrogen-bond donors (Lipinski definition) is 2. The van der Waals surface area contributed by atoms with Crippen LogP contribution in [0.25, 0.3) is 22.3 Å². The van der Waals surface area contributed by atoms with E-state index in [1.54, 1.807) is 6.92 Å². The average Bonchev–Trinajstić information content (AvgIpc) is 3.24. The number of ether oxygens (including phenoxy) is 1. The van der Waals surface area contributed by atoms with Gasteiger partial charge in [0, 0.05) is 16.6 Å². The molecule has 0 saturated carbocycles. The Bertz CT molecular complexity index is 1200. The first kappa shape index (κ1) is 21.7. The van der Waals surface area contributed by atoms with Gasteiger partial charge in [-0.2, -0.15) is 0 Å². The molecule has 6 heteroatoms. The van der Waals surface area contributed by atoms with E-state index in [1.165, 1.54) is 11.3 Å². The Kier molecular flexibility index (Phi) is 6.94. The van der Waals surface area contributed by atoms with Crippen molar-refractivity contribution in [1.29, 1.82) is 0 Å². The molecule has 0 amide bonds. The summed E-state index contributed by atoms with van der Waals surface area (Å²) >= 11 is 6.88. The summed E-state index contributed by atoms with van der Waals surface area (Å²) in [5, 5.41) is 9.32. The smallest absolute Gasteiger partial charge is 0.341 e. The van der Waals surface area contributed by atoms with Crippen molar-refractivity contribution in [2.24, 2.45) is 0 Å². The molecule has 4 aromatic rings. The van der Waals surface area contributed by atoms with Crippen molar-refractivity contribution in [3.8, 4) is 22.3 Å². The van der Waals surface area contributed by atoms with E-state index in [0.717, 1.165) is 27.9 Å². The molecular formula is C26H22N2O2S2. The zero-order chi connectivity index (χ0) is 22.3. The van der Waals surface area contributed by atoms with Gasteiger partial charge in [-0.3, -0.25) is 0 Å². The van der Waals surface area contributed by atoms with Gasteiger partial charge in [0.25, 0.3) is 0 Å². The second kappa shape index (κ2) is 10.2. The van der Waals surface area contributed by atoms with Crippen LogP contribution in [0, 0.1) is 0 Å². The zero-order valence-corrected chi connectivity index (χ0v) is 19.1. The molecule has 4 nitrogen and oxygen atoms in total. The van der Waals surface area contributed by atoms with Crippen molar-refractivity contribution in [2.45, 2.75) is 6.92 Å². The lowest BCUT2D eigenvalue weighted by Crippen LogP contribution is -2.20. The number of para-hydroxylation sites is 1. The van der Waals surface area contributed by atoms with Crippen LogP contribution in [0.15, 0.2) is 90.3 Å². The molecule has 0 aliphatic rings. The van der Waals surface area contributed by atoms with Crippen molar-refractivity contribution in [3.05, 3.63) is 95.9 Å². The van der Waals surface area contributed by atoms with Gasteiger partial charge in [0.2, 0.25) is 0 Å². The van der Waals surface area contributed by atoms with Crippen molar-refractivity contribution in [1.82, 2.24) is 0 Å². The van der Waals surface area contributed by atoms with Gasteiger partial charge < -0.3 is 15.4 Å². The van der Waals surface area contributed by atoms with Gasteiger partial charge in [0.05, 0.1) is 6.61 Å². The molecule has 1 aromatic heterocycles. The Morgan fingerprint density at radius 1 is 0.844 bits per heavy atom. The SMILES string of the molecule is CCOC(=O)c1c(-c2ccc(-c3ccccc3)cc2)csc1NC(=S)Nc1ccccc1.